The van der Waals surface area contributed by atoms with Crippen molar-refractivity contribution in [2.24, 2.45) is 11.1 Å². The van der Waals surface area contributed by atoms with E-state index in [0.29, 0.717) is 6.10 Å². The van der Waals surface area contributed by atoms with Crippen LogP contribution in [0.15, 0.2) is 0 Å². The van der Waals surface area contributed by atoms with Gasteiger partial charge in [0, 0.05) is 13.2 Å². The third-order valence-corrected chi connectivity index (χ3v) is 2.40. The molecule has 0 saturated carbocycles. The summed E-state index contributed by atoms with van der Waals surface area (Å²) < 4.78 is 5.16. The molecule has 0 saturated heterocycles. The van der Waals surface area contributed by atoms with Crippen molar-refractivity contribution >= 4 is 0 Å². The highest BCUT2D eigenvalue weighted by atomic mass is 16.5. The van der Waals surface area contributed by atoms with E-state index < -0.39 is 0 Å². The zero-order valence-corrected chi connectivity index (χ0v) is 9.05. The topological polar surface area (TPSA) is 35.2 Å². The summed E-state index contributed by atoms with van der Waals surface area (Å²) in [5.41, 5.74) is 6.21. The molecule has 0 fully saturated rings. The Morgan fingerprint density at radius 2 is 1.75 bits per heavy atom. The van der Waals surface area contributed by atoms with Gasteiger partial charge < -0.3 is 10.5 Å². The molecule has 0 aliphatic rings. The fourth-order valence-electron chi connectivity index (χ4n) is 0.965. The van der Waals surface area contributed by atoms with Crippen molar-refractivity contribution in [2.45, 2.75) is 52.7 Å². The summed E-state index contributed by atoms with van der Waals surface area (Å²) in [6.07, 6.45) is 2.42. The second-order valence-corrected chi connectivity index (χ2v) is 4.60. The molecule has 2 nitrogen and oxygen atoms in total. The maximum atomic E-state index is 6.00. The Labute approximate surface area is 76.5 Å². The fraction of sp³-hybridized carbons (Fsp3) is 1.00. The lowest BCUT2D eigenvalue weighted by atomic mass is 9.84. The Balaban J connectivity index is 3.64. The lowest BCUT2D eigenvalue weighted by Gasteiger charge is -2.27. The molecule has 0 heterocycles. The molecule has 0 aromatic carbocycles. The van der Waals surface area contributed by atoms with Crippen molar-refractivity contribution in [2.75, 3.05) is 7.11 Å². The van der Waals surface area contributed by atoms with Crippen LogP contribution in [0.1, 0.15) is 40.5 Å². The summed E-state index contributed by atoms with van der Waals surface area (Å²) in [5, 5.41) is 0. The minimum atomic E-state index is 0.216. The summed E-state index contributed by atoms with van der Waals surface area (Å²) in [6.45, 7) is 8.61. The van der Waals surface area contributed by atoms with E-state index in [4.69, 9.17) is 10.5 Å². The molecule has 2 atom stereocenters. The van der Waals surface area contributed by atoms with Crippen LogP contribution in [0.4, 0.5) is 0 Å². The van der Waals surface area contributed by atoms with Gasteiger partial charge in [-0.15, -0.1) is 0 Å². The molecular formula is C10H23NO. The van der Waals surface area contributed by atoms with Crippen LogP contribution in [-0.2, 0) is 4.74 Å². The second kappa shape index (κ2) is 4.83. The molecule has 0 aromatic rings. The molecule has 12 heavy (non-hydrogen) atoms. The Morgan fingerprint density at radius 3 is 2.08 bits per heavy atom. The van der Waals surface area contributed by atoms with Crippen molar-refractivity contribution < 1.29 is 4.74 Å². The van der Waals surface area contributed by atoms with Crippen LogP contribution in [0.5, 0.6) is 0 Å². The smallest absolute Gasteiger partial charge is 0.0543 e. The van der Waals surface area contributed by atoms with Crippen LogP contribution in [-0.4, -0.2) is 19.3 Å². The van der Waals surface area contributed by atoms with Gasteiger partial charge in [0.05, 0.1) is 6.10 Å². The van der Waals surface area contributed by atoms with E-state index in [1.165, 1.54) is 0 Å². The normalized spacial score (nSPS) is 17.5. The molecule has 0 bridgehead atoms. The minimum Gasteiger partial charge on any atom is -0.382 e. The Morgan fingerprint density at radius 1 is 1.25 bits per heavy atom. The zero-order valence-electron chi connectivity index (χ0n) is 9.05. The third-order valence-electron chi connectivity index (χ3n) is 2.40. The van der Waals surface area contributed by atoms with Gasteiger partial charge in [-0.05, 0) is 25.2 Å². The number of nitrogens with two attached hydrogens (primary N) is 1. The minimum absolute atomic E-state index is 0.216. The van der Waals surface area contributed by atoms with Crippen molar-refractivity contribution in [3.8, 4) is 0 Å². The van der Waals surface area contributed by atoms with Crippen LogP contribution in [0.2, 0.25) is 0 Å². The molecule has 2 N–H and O–H groups in total. The highest BCUT2D eigenvalue weighted by molar-refractivity contribution is 4.77. The van der Waals surface area contributed by atoms with Crippen LogP contribution in [0.25, 0.3) is 0 Å². The molecule has 0 aliphatic carbocycles. The van der Waals surface area contributed by atoms with Gasteiger partial charge in [0.15, 0.2) is 0 Å². The quantitative estimate of drug-likeness (QED) is 0.707. The van der Waals surface area contributed by atoms with Gasteiger partial charge in [-0.2, -0.15) is 0 Å². The number of hydrogen-bond acceptors (Lipinski definition) is 2. The molecule has 0 rings (SSSR count). The van der Waals surface area contributed by atoms with Crippen LogP contribution in [0, 0.1) is 5.41 Å². The molecule has 0 radical (unpaired) electrons. The summed E-state index contributed by atoms with van der Waals surface area (Å²) in [7, 11) is 1.74. The Kier molecular flexibility index (Phi) is 4.80. The zero-order chi connectivity index (χ0) is 9.78. The number of rotatable bonds is 4. The monoisotopic (exact) mass is 173 g/mol. The average molecular weight is 173 g/mol. The van der Waals surface area contributed by atoms with Gasteiger partial charge in [0.1, 0.15) is 0 Å². The van der Waals surface area contributed by atoms with Crippen LogP contribution >= 0.6 is 0 Å². The maximum Gasteiger partial charge on any atom is 0.0543 e. The number of methoxy groups -OCH3 is 1. The van der Waals surface area contributed by atoms with Gasteiger partial charge in [0.25, 0.3) is 0 Å². The van der Waals surface area contributed by atoms with E-state index in [1.807, 2.05) is 0 Å². The first-order valence-corrected chi connectivity index (χ1v) is 4.66. The predicted octanol–water partition coefficient (Wildman–Crippen LogP) is 2.17. The summed E-state index contributed by atoms with van der Waals surface area (Å²) in [6, 6.07) is 0.273. The molecule has 0 aromatic heterocycles. The van der Waals surface area contributed by atoms with E-state index in [0.717, 1.165) is 12.8 Å². The van der Waals surface area contributed by atoms with Crippen molar-refractivity contribution in [1.29, 1.82) is 0 Å². The van der Waals surface area contributed by atoms with Crippen LogP contribution in [0.3, 0.4) is 0 Å². The van der Waals surface area contributed by atoms with Gasteiger partial charge in [-0.3, -0.25) is 0 Å². The summed E-state index contributed by atoms with van der Waals surface area (Å²) in [5.74, 6) is 0. The third kappa shape index (κ3) is 4.73. The molecule has 74 valence electrons. The standard InChI is InChI=1S/C10H23NO/c1-8(12-5)6-7-9(11)10(2,3)4/h8-9H,6-7,11H2,1-5H3. The van der Waals surface area contributed by atoms with Crippen LogP contribution < -0.4 is 5.73 Å². The van der Waals surface area contributed by atoms with Crippen molar-refractivity contribution in [1.82, 2.24) is 0 Å². The summed E-state index contributed by atoms with van der Waals surface area (Å²) in [4.78, 5) is 0. The fourth-order valence-corrected chi connectivity index (χ4v) is 0.965. The lowest BCUT2D eigenvalue weighted by molar-refractivity contribution is 0.102. The first-order chi connectivity index (χ1) is 5.38. The Hall–Kier alpha value is -0.0800. The lowest BCUT2D eigenvalue weighted by Crippen LogP contribution is -2.35. The van der Waals surface area contributed by atoms with E-state index in [1.54, 1.807) is 7.11 Å². The molecular weight excluding hydrogens is 150 g/mol. The van der Waals surface area contributed by atoms with E-state index >= 15 is 0 Å². The van der Waals surface area contributed by atoms with E-state index in [-0.39, 0.29) is 11.5 Å². The number of ether oxygens (including phenoxy) is 1. The van der Waals surface area contributed by atoms with E-state index in [2.05, 4.69) is 27.7 Å². The molecule has 0 amide bonds. The SMILES string of the molecule is COC(C)CCC(N)C(C)(C)C. The first kappa shape index (κ1) is 11.9. The predicted molar refractivity (Wildman–Crippen MR) is 53.1 cm³/mol. The number of hydrogen-bond donors (Lipinski definition) is 1. The highest BCUT2D eigenvalue weighted by Crippen LogP contribution is 2.21. The Bertz CT molecular complexity index is 117. The van der Waals surface area contributed by atoms with Gasteiger partial charge >= 0.3 is 0 Å². The first-order valence-electron chi connectivity index (χ1n) is 4.66. The van der Waals surface area contributed by atoms with Gasteiger partial charge in [-0.25, -0.2) is 0 Å². The largest absolute Gasteiger partial charge is 0.382 e. The average Bonchev–Trinajstić information content (AvgIpc) is 1.97. The molecule has 0 aliphatic heterocycles. The van der Waals surface area contributed by atoms with Gasteiger partial charge in [0.2, 0.25) is 0 Å². The second-order valence-electron chi connectivity index (χ2n) is 4.60. The molecule has 0 spiro atoms. The van der Waals surface area contributed by atoms with Crippen molar-refractivity contribution in [3.05, 3.63) is 0 Å². The molecule has 2 unspecified atom stereocenters. The molecule has 2 heteroatoms. The van der Waals surface area contributed by atoms with Crippen molar-refractivity contribution in [3.63, 3.8) is 0 Å². The maximum absolute atomic E-state index is 6.00. The van der Waals surface area contributed by atoms with E-state index in [9.17, 15) is 0 Å². The highest BCUT2D eigenvalue weighted by Gasteiger charge is 2.20. The summed E-state index contributed by atoms with van der Waals surface area (Å²) >= 11 is 0. The van der Waals surface area contributed by atoms with Gasteiger partial charge in [-0.1, -0.05) is 20.8 Å².